The number of carbonyl (C=O) groups excluding carboxylic acids is 1. The fraction of sp³-hybridized carbons (Fsp3) is 0.333. The van der Waals surface area contributed by atoms with Crippen LogP contribution in [0.25, 0.3) is 22.3 Å². The van der Waals surface area contributed by atoms with Crippen LogP contribution in [0, 0.1) is 5.82 Å². The summed E-state index contributed by atoms with van der Waals surface area (Å²) in [5, 5.41) is 8.95. The Bertz CT molecular complexity index is 1570. The third kappa shape index (κ3) is 5.41. The Labute approximate surface area is 225 Å². The lowest BCUT2D eigenvalue weighted by molar-refractivity contribution is -0.185. The van der Waals surface area contributed by atoms with Gasteiger partial charge in [-0.1, -0.05) is 17.3 Å². The van der Waals surface area contributed by atoms with Crippen molar-refractivity contribution in [2.45, 2.75) is 38.0 Å². The molecule has 1 saturated heterocycles. The van der Waals surface area contributed by atoms with Crippen molar-refractivity contribution >= 4 is 22.8 Å². The molecule has 3 heterocycles. The largest absolute Gasteiger partial charge is 0.493 e. The van der Waals surface area contributed by atoms with E-state index in [4.69, 9.17) is 14.0 Å². The summed E-state index contributed by atoms with van der Waals surface area (Å²) >= 11 is 0. The number of methoxy groups -OCH3 is 1. The minimum atomic E-state index is -4.58. The van der Waals surface area contributed by atoms with Crippen molar-refractivity contribution in [1.29, 1.82) is 0 Å². The van der Waals surface area contributed by atoms with Gasteiger partial charge < -0.3 is 24.6 Å². The van der Waals surface area contributed by atoms with Gasteiger partial charge in [0, 0.05) is 36.9 Å². The van der Waals surface area contributed by atoms with Crippen LogP contribution in [0.2, 0.25) is 0 Å². The summed E-state index contributed by atoms with van der Waals surface area (Å²) in [5.41, 5.74) is -0.280. The average Bonchev–Trinajstić information content (AvgIpc) is 3.35. The molecule has 9 nitrogen and oxygen atoms in total. The lowest BCUT2D eigenvalue weighted by Crippen LogP contribution is -2.50. The Morgan fingerprint density at radius 3 is 2.52 bits per heavy atom. The Morgan fingerprint density at radius 2 is 1.88 bits per heavy atom. The Hall–Kier alpha value is -4.26. The zero-order chi connectivity index (χ0) is 28.7. The van der Waals surface area contributed by atoms with Crippen molar-refractivity contribution in [2.75, 3.05) is 25.5 Å². The molecule has 2 aromatic carbocycles. The molecule has 13 heteroatoms. The molecule has 40 heavy (non-hydrogen) atoms. The minimum Gasteiger partial charge on any atom is -0.493 e. The van der Waals surface area contributed by atoms with Gasteiger partial charge in [-0.05, 0) is 25.5 Å². The number of alkyl halides is 3. The zero-order valence-corrected chi connectivity index (χ0v) is 21.7. The number of hydrogen-bond acceptors (Lipinski definition) is 8. The van der Waals surface area contributed by atoms with E-state index < -0.39 is 29.1 Å². The van der Waals surface area contributed by atoms with Crippen LogP contribution in [0.5, 0.6) is 11.5 Å². The van der Waals surface area contributed by atoms with Crippen LogP contribution in [-0.4, -0.2) is 53.5 Å². The number of carbonyl (C=O) groups is 1. The molecule has 2 aromatic heterocycles. The molecular weight excluding hydrogens is 534 g/mol. The molecule has 0 bridgehead atoms. The highest BCUT2D eigenvalue weighted by molar-refractivity contribution is 5.91. The number of nitrogens with zero attached hydrogens (tertiary/aromatic N) is 3. The van der Waals surface area contributed by atoms with Crippen LogP contribution in [0.3, 0.4) is 0 Å². The number of ether oxygens (including phenoxy) is 2. The molecule has 5 rings (SSSR count). The molecule has 0 saturated carbocycles. The SMILES string of the molecule is COc1cc2nc(-c3ccc(CC(=O)Nc4cc(C(C)(C)C(F)(F)F)on4)c(F)c3)cnc2cc1OC1CNC1. The highest BCUT2D eigenvalue weighted by atomic mass is 19.4. The third-order valence-corrected chi connectivity index (χ3v) is 6.67. The number of anilines is 1. The fourth-order valence-corrected chi connectivity index (χ4v) is 3.91. The number of nitrogens with one attached hydrogen (secondary N) is 2. The van der Waals surface area contributed by atoms with E-state index in [0.717, 1.165) is 33.0 Å². The van der Waals surface area contributed by atoms with Crippen molar-refractivity contribution in [3.8, 4) is 22.8 Å². The van der Waals surface area contributed by atoms with E-state index in [1.807, 2.05) is 0 Å². The van der Waals surface area contributed by atoms with Gasteiger partial charge in [-0.15, -0.1) is 0 Å². The lowest BCUT2D eigenvalue weighted by Gasteiger charge is -2.28. The summed E-state index contributed by atoms with van der Waals surface area (Å²) in [6.45, 7) is 3.37. The van der Waals surface area contributed by atoms with E-state index in [-0.39, 0.29) is 23.9 Å². The van der Waals surface area contributed by atoms with Crippen LogP contribution >= 0.6 is 0 Å². The number of amides is 1. The molecule has 0 aliphatic carbocycles. The quantitative estimate of drug-likeness (QED) is 0.296. The van der Waals surface area contributed by atoms with Gasteiger partial charge in [0.25, 0.3) is 0 Å². The molecule has 0 unspecified atom stereocenters. The van der Waals surface area contributed by atoms with E-state index in [9.17, 15) is 22.4 Å². The van der Waals surface area contributed by atoms with Crippen molar-refractivity contribution < 1.29 is 36.4 Å². The van der Waals surface area contributed by atoms with E-state index >= 15 is 0 Å². The molecule has 1 aliphatic rings. The smallest absolute Gasteiger partial charge is 0.401 e. The van der Waals surface area contributed by atoms with Crippen LogP contribution in [0.15, 0.2) is 47.1 Å². The zero-order valence-electron chi connectivity index (χ0n) is 21.7. The van der Waals surface area contributed by atoms with E-state index in [1.165, 1.54) is 25.4 Å². The molecule has 4 aromatic rings. The van der Waals surface area contributed by atoms with E-state index in [1.54, 1.807) is 18.2 Å². The summed E-state index contributed by atoms with van der Waals surface area (Å²) in [6, 6.07) is 8.71. The van der Waals surface area contributed by atoms with Crippen molar-refractivity contribution in [3.05, 3.63) is 59.7 Å². The van der Waals surface area contributed by atoms with E-state index in [2.05, 4.69) is 25.8 Å². The van der Waals surface area contributed by atoms with Gasteiger partial charge in [-0.25, -0.2) is 9.37 Å². The maximum Gasteiger partial charge on any atom is 0.401 e. The molecule has 2 N–H and O–H groups in total. The Kier molecular flexibility index (Phi) is 7.08. The van der Waals surface area contributed by atoms with Crippen molar-refractivity contribution in [2.24, 2.45) is 0 Å². The van der Waals surface area contributed by atoms with Gasteiger partial charge >= 0.3 is 6.18 Å². The first-order valence-corrected chi connectivity index (χ1v) is 12.3. The normalized spacial score (nSPS) is 14.2. The predicted molar refractivity (Wildman–Crippen MR) is 137 cm³/mol. The van der Waals surface area contributed by atoms with Crippen molar-refractivity contribution in [1.82, 2.24) is 20.4 Å². The predicted octanol–water partition coefficient (Wildman–Crippen LogP) is 4.80. The summed E-state index contributed by atoms with van der Waals surface area (Å²) in [4.78, 5) is 21.5. The number of hydrogen-bond donors (Lipinski definition) is 2. The number of aromatic nitrogens is 3. The highest BCUT2D eigenvalue weighted by Gasteiger charge is 2.51. The third-order valence-electron chi connectivity index (χ3n) is 6.67. The summed E-state index contributed by atoms with van der Waals surface area (Å²) < 4.78 is 70.8. The fourth-order valence-electron chi connectivity index (χ4n) is 3.91. The van der Waals surface area contributed by atoms with Crippen LogP contribution in [0.1, 0.15) is 25.2 Å². The molecule has 0 radical (unpaired) electrons. The van der Waals surface area contributed by atoms with Crippen LogP contribution < -0.4 is 20.1 Å². The first-order chi connectivity index (χ1) is 18.9. The second kappa shape index (κ2) is 10.4. The van der Waals surface area contributed by atoms with Gasteiger partial charge in [0.2, 0.25) is 5.91 Å². The highest BCUT2D eigenvalue weighted by Crippen LogP contribution is 2.41. The van der Waals surface area contributed by atoms with E-state index in [0.29, 0.717) is 33.8 Å². The average molecular weight is 560 g/mol. The first-order valence-electron chi connectivity index (χ1n) is 12.3. The lowest BCUT2D eigenvalue weighted by atomic mass is 9.89. The standard InChI is InChI=1S/C27H25F4N5O4/c1-26(2,27(29,30)31)23-10-24(36-40-23)35-25(37)7-14-4-5-15(6-17(14)28)20-13-33-18-8-22(39-16-11-32-12-16)21(38-3)9-19(18)34-20/h4-6,8-10,13,16,32H,7,11-12H2,1-3H3,(H,35,36,37). The monoisotopic (exact) mass is 559 g/mol. The summed E-state index contributed by atoms with van der Waals surface area (Å²) in [5.74, 6) is -0.940. The first kappa shape index (κ1) is 27.3. The van der Waals surface area contributed by atoms with Gasteiger partial charge in [-0.2, -0.15) is 13.2 Å². The minimum absolute atomic E-state index is 0.0529. The molecule has 1 aliphatic heterocycles. The molecular formula is C27H25F4N5O4. The van der Waals surface area contributed by atoms with Gasteiger partial charge in [0.05, 0.1) is 36.5 Å². The molecule has 0 spiro atoms. The molecule has 1 amide bonds. The van der Waals surface area contributed by atoms with Gasteiger partial charge in [0.15, 0.2) is 23.1 Å². The Morgan fingerprint density at radius 1 is 1.12 bits per heavy atom. The molecule has 0 atom stereocenters. The number of rotatable bonds is 8. The molecule has 210 valence electrons. The second-order valence-electron chi connectivity index (χ2n) is 9.88. The van der Waals surface area contributed by atoms with Crippen LogP contribution in [-0.2, 0) is 16.6 Å². The number of halogens is 4. The summed E-state index contributed by atoms with van der Waals surface area (Å²) in [7, 11) is 1.53. The van der Waals surface area contributed by atoms with Gasteiger partial charge in [-0.3, -0.25) is 9.78 Å². The molecule has 1 fully saturated rings. The second-order valence-corrected chi connectivity index (χ2v) is 9.88. The maximum atomic E-state index is 14.9. The number of fused-ring (bicyclic) bond motifs is 1. The van der Waals surface area contributed by atoms with Crippen LogP contribution in [0.4, 0.5) is 23.4 Å². The van der Waals surface area contributed by atoms with Crippen molar-refractivity contribution in [3.63, 3.8) is 0 Å². The number of benzene rings is 2. The summed E-state index contributed by atoms with van der Waals surface area (Å²) in [6.07, 6.45) is -3.39. The maximum absolute atomic E-state index is 14.9. The topological polar surface area (TPSA) is 111 Å². The van der Waals surface area contributed by atoms with Gasteiger partial charge in [0.1, 0.15) is 17.3 Å². The Balaban J connectivity index is 1.29.